The number of H-pyrrole nitrogens is 1. The molecule has 3 aromatic rings. The average molecular weight is 284 g/mol. The number of aromatic amines is 1. The summed E-state index contributed by atoms with van der Waals surface area (Å²) < 4.78 is 12.9. The van der Waals surface area contributed by atoms with E-state index in [0.717, 1.165) is 22.5 Å². The molecule has 0 aliphatic rings. The molecule has 5 nitrogen and oxygen atoms in total. The Morgan fingerprint density at radius 1 is 1.05 bits per heavy atom. The van der Waals surface area contributed by atoms with Crippen LogP contribution < -0.4 is 19.8 Å². The van der Waals surface area contributed by atoms with Gasteiger partial charge in [0.15, 0.2) is 0 Å². The summed E-state index contributed by atoms with van der Waals surface area (Å²) in [6.07, 6.45) is 0. The van der Waals surface area contributed by atoms with Gasteiger partial charge in [-0.3, -0.25) is 5.73 Å². The second-order valence-corrected chi connectivity index (χ2v) is 4.70. The number of aromatic nitrogens is 2. The number of methoxy groups -OCH3 is 1. The van der Waals surface area contributed by atoms with Crippen LogP contribution in [0.15, 0.2) is 48.5 Å². The molecule has 0 saturated carbocycles. The molecule has 0 fully saturated rings. The number of nitrogen functional groups attached to an aromatic ring is 1. The number of nitrogens with one attached hydrogen (secondary N) is 1. The van der Waals surface area contributed by atoms with Gasteiger partial charge in [0.1, 0.15) is 35.7 Å². The van der Waals surface area contributed by atoms with E-state index in [1.165, 1.54) is 0 Å². The molecule has 0 atom stereocenters. The summed E-state index contributed by atoms with van der Waals surface area (Å²) in [5.41, 5.74) is 8.11. The van der Waals surface area contributed by atoms with Crippen LogP contribution in [0.5, 0.6) is 11.5 Å². The van der Waals surface area contributed by atoms with E-state index in [4.69, 9.17) is 15.2 Å². The Labute approximate surface area is 122 Å². The molecular formula is C16H18N3O2+. The largest absolute Gasteiger partial charge is 0.497 e. The molecule has 0 amide bonds. The minimum absolute atomic E-state index is 0.545. The lowest BCUT2D eigenvalue weighted by Gasteiger charge is -2.06. The predicted molar refractivity (Wildman–Crippen MR) is 81.4 cm³/mol. The zero-order chi connectivity index (χ0) is 14.7. The Morgan fingerprint density at radius 3 is 2.52 bits per heavy atom. The minimum atomic E-state index is 0.545. The third kappa shape index (κ3) is 2.76. The van der Waals surface area contributed by atoms with Gasteiger partial charge >= 0.3 is 5.95 Å². The van der Waals surface area contributed by atoms with Gasteiger partial charge in [-0.05, 0) is 36.4 Å². The molecule has 108 valence electrons. The van der Waals surface area contributed by atoms with E-state index in [1.54, 1.807) is 7.11 Å². The Morgan fingerprint density at radius 2 is 1.76 bits per heavy atom. The van der Waals surface area contributed by atoms with Gasteiger partial charge < -0.3 is 9.47 Å². The third-order valence-corrected chi connectivity index (χ3v) is 3.39. The molecule has 21 heavy (non-hydrogen) atoms. The van der Waals surface area contributed by atoms with Gasteiger partial charge in [0.05, 0.1) is 7.11 Å². The Bertz CT molecular complexity index is 735. The highest BCUT2D eigenvalue weighted by Gasteiger charge is 2.13. The van der Waals surface area contributed by atoms with E-state index in [-0.39, 0.29) is 0 Å². The van der Waals surface area contributed by atoms with Crippen LogP contribution in [0.25, 0.3) is 11.0 Å². The van der Waals surface area contributed by atoms with Crippen LogP contribution in [-0.2, 0) is 6.54 Å². The zero-order valence-corrected chi connectivity index (χ0v) is 11.9. The van der Waals surface area contributed by atoms with Gasteiger partial charge in [-0.1, -0.05) is 12.1 Å². The number of hydrogen-bond acceptors (Lipinski definition) is 3. The minimum Gasteiger partial charge on any atom is -0.497 e. The molecular weight excluding hydrogens is 266 g/mol. The summed E-state index contributed by atoms with van der Waals surface area (Å²) in [6.45, 7) is 1.23. The number of anilines is 1. The summed E-state index contributed by atoms with van der Waals surface area (Å²) in [5.74, 6) is 2.27. The lowest BCUT2D eigenvalue weighted by atomic mass is 10.3. The first-order valence-electron chi connectivity index (χ1n) is 6.81. The lowest BCUT2D eigenvalue weighted by molar-refractivity contribution is -0.657. The van der Waals surface area contributed by atoms with Crippen LogP contribution in [-0.4, -0.2) is 18.7 Å². The summed E-state index contributed by atoms with van der Waals surface area (Å²) in [6, 6.07) is 15.6. The Hall–Kier alpha value is -2.69. The number of para-hydroxylation sites is 2. The number of ether oxygens (including phenoxy) is 2. The smallest absolute Gasteiger partial charge is 0.353 e. The fourth-order valence-electron chi connectivity index (χ4n) is 2.32. The van der Waals surface area contributed by atoms with Crippen molar-refractivity contribution in [3.63, 3.8) is 0 Å². The average Bonchev–Trinajstić information content (AvgIpc) is 2.84. The molecule has 0 bridgehead atoms. The van der Waals surface area contributed by atoms with E-state index < -0.39 is 0 Å². The van der Waals surface area contributed by atoms with Crippen molar-refractivity contribution in [1.82, 2.24) is 4.98 Å². The van der Waals surface area contributed by atoms with Crippen LogP contribution in [0.1, 0.15) is 0 Å². The third-order valence-electron chi connectivity index (χ3n) is 3.39. The first-order chi connectivity index (χ1) is 10.3. The Balaban J connectivity index is 1.67. The molecule has 0 unspecified atom stereocenters. The standard InChI is InChI=1S/C16H17N3O2/c1-20-12-6-8-13(9-7-12)21-11-10-19-15-5-3-2-4-14(15)18-16(19)17/h2-9H,10-11H2,1H3,(H2,17,18)/p+1. The number of nitrogens with two attached hydrogens (primary N) is 1. The second-order valence-electron chi connectivity index (χ2n) is 4.70. The summed E-state index contributed by atoms with van der Waals surface area (Å²) in [4.78, 5) is 3.16. The molecule has 1 heterocycles. The van der Waals surface area contributed by atoms with Crippen LogP contribution >= 0.6 is 0 Å². The van der Waals surface area contributed by atoms with Gasteiger partial charge in [-0.2, -0.15) is 0 Å². The van der Waals surface area contributed by atoms with Crippen molar-refractivity contribution in [3.05, 3.63) is 48.5 Å². The molecule has 0 saturated heterocycles. The number of benzene rings is 2. The highest BCUT2D eigenvalue weighted by Crippen LogP contribution is 2.17. The maximum atomic E-state index is 6.01. The second kappa shape index (κ2) is 5.75. The fourth-order valence-corrected chi connectivity index (χ4v) is 2.32. The number of nitrogens with zero attached hydrogens (tertiary/aromatic N) is 1. The maximum Gasteiger partial charge on any atom is 0.353 e. The van der Waals surface area contributed by atoms with E-state index in [2.05, 4.69) is 4.98 Å². The number of rotatable bonds is 5. The Kier molecular flexibility index (Phi) is 3.64. The summed E-state index contributed by atoms with van der Waals surface area (Å²) in [7, 11) is 1.65. The zero-order valence-electron chi connectivity index (χ0n) is 11.9. The molecule has 5 heteroatoms. The molecule has 3 rings (SSSR count). The predicted octanol–water partition coefficient (Wildman–Crippen LogP) is 2.13. The SMILES string of the molecule is COc1ccc(OCC[n+]2c(N)[nH]c3ccccc32)cc1. The normalized spacial score (nSPS) is 10.7. The van der Waals surface area contributed by atoms with Gasteiger partial charge in [-0.25, -0.2) is 9.55 Å². The van der Waals surface area contributed by atoms with Crippen molar-refractivity contribution in [3.8, 4) is 11.5 Å². The van der Waals surface area contributed by atoms with Crippen LogP contribution in [0.2, 0.25) is 0 Å². The first-order valence-corrected chi connectivity index (χ1v) is 6.81. The van der Waals surface area contributed by atoms with Gasteiger partial charge in [0.25, 0.3) is 0 Å². The van der Waals surface area contributed by atoms with Gasteiger partial charge in [0.2, 0.25) is 0 Å². The number of hydrogen-bond donors (Lipinski definition) is 2. The maximum absolute atomic E-state index is 6.01. The molecule has 0 radical (unpaired) electrons. The molecule has 1 aromatic heterocycles. The molecule has 0 aliphatic heterocycles. The number of imidazole rings is 1. The number of fused-ring (bicyclic) bond motifs is 1. The lowest BCUT2D eigenvalue weighted by Crippen LogP contribution is -2.38. The van der Waals surface area contributed by atoms with E-state index >= 15 is 0 Å². The van der Waals surface area contributed by atoms with Crippen LogP contribution in [0.4, 0.5) is 5.95 Å². The highest BCUT2D eigenvalue weighted by molar-refractivity contribution is 5.72. The fraction of sp³-hybridized carbons (Fsp3) is 0.188. The topological polar surface area (TPSA) is 64.2 Å². The quantitative estimate of drug-likeness (QED) is 0.705. The van der Waals surface area contributed by atoms with Crippen LogP contribution in [0.3, 0.4) is 0 Å². The van der Waals surface area contributed by atoms with Crippen molar-refractivity contribution in [2.75, 3.05) is 19.5 Å². The summed E-state index contributed by atoms with van der Waals surface area (Å²) in [5, 5.41) is 0. The first kappa shape index (κ1) is 13.3. The van der Waals surface area contributed by atoms with Crippen molar-refractivity contribution in [2.45, 2.75) is 6.54 Å². The van der Waals surface area contributed by atoms with Gasteiger partial charge in [-0.15, -0.1) is 0 Å². The van der Waals surface area contributed by atoms with Crippen LogP contribution in [0, 0.1) is 0 Å². The molecule has 0 spiro atoms. The van der Waals surface area contributed by atoms with E-state index in [0.29, 0.717) is 19.1 Å². The summed E-state index contributed by atoms with van der Waals surface area (Å²) >= 11 is 0. The molecule has 3 N–H and O–H groups in total. The monoisotopic (exact) mass is 284 g/mol. The van der Waals surface area contributed by atoms with Crippen molar-refractivity contribution >= 4 is 17.0 Å². The van der Waals surface area contributed by atoms with Crippen molar-refractivity contribution < 1.29 is 14.0 Å². The van der Waals surface area contributed by atoms with Gasteiger partial charge in [0, 0.05) is 0 Å². The molecule has 0 aliphatic carbocycles. The van der Waals surface area contributed by atoms with E-state index in [1.807, 2.05) is 53.1 Å². The highest BCUT2D eigenvalue weighted by atomic mass is 16.5. The van der Waals surface area contributed by atoms with Crippen molar-refractivity contribution in [2.24, 2.45) is 0 Å². The van der Waals surface area contributed by atoms with Crippen molar-refractivity contribution in [1.29, 1.82) is 0 Å². The molecule has 2 aromatic carbocycles. The van der Waals surface area contributed by atoms with E-state index in [9.17, 15) is 0 Å².